The molecule has 0 aromatic heterocycles. The van der Waals surface area contributed by atoms with Crippen molar-refractivity contribution in [1.29, 1.82) is 0 Å². The van der Waals surface area contributed by atoms with Gasteiger partial charge in [0.05, 0.1) is 4.99 Å². The van der Waals surface area contributed by atoms with E-state index in [1.54, 1.807) is 0 Å². The molecule has 0 saturated carbocycles. The summed E-state index contributed by atoms with van der Waals surface area (Å²) < 4.78 is 0. The number of nitrogens with one attached hydrogen (secondary N) is 1. The Labute approximate surface area is 62.8 Å². The molecular weight excluding hydrogens is 130 g/mol. The van der Waals surface area contributed by atoms with E-state index in [0.29, 0.717) is 6.04 Å². The van der Waals surface area contributed by atoms with E-state index in [0.717, 1.165) is 4.99 Å². The molecule has 0 amide bonds. The summed E-state index contributed by atoms with van der Waals surface area (Å²) in [7, 11) is 0. The van der Waals surface area contributed by atoms with E-state index in [9.17, 15) is 0 Å². The van der Waals surface area contributed by atoms with Crippen molar-refractivity contribution in [2.75, 3.05) is 0 Å². The molecule has 0 aliphatic rings. The highest BCUT2D eigenvalue weighted by Gasteiger charge is 1.96. The van der Waals surface area contributed by atoms with Crippen LogP contribution in [0, 0.1) is 0 Å². The Morgan fingerprint density at radius 3 is 2.56 bits per heavy atom. The Morgan fingerprint density at radius 2 is 2.22 bits per heavy atom. The van der Waals surface area contributed by atoms with Crippen molar-refractivity contribution in [2.24, 2.45) is 0 Å². The first-order valence-corrected chi connectivity index (χ1v) is 3.84. The van der Waals surface area contributed by atoms with Crippen LogP contribution in [0.2, 0.25) is 0 Å². The summed E-state index contributed by atoms with van der Waals surface area (Å²) in [6, 6.07) is 0.549. The zero-order valence-electron chi connectivity index (χ0n) is 6.40. The van der Waals surface area contributed by atoms with E-state index in [1.165, 1.54) is 12.8 Å². The van der Waals surface area contributed by atoms with Crippen LogP contribution >= 0.6 is 12.2 Å². The summed E-state index contributed by atoms with van der Waals surface area (Å²) in [6.07, 6.45) is 2.42. The molecule has 2 heteroatoms. The van der Waals surface area contributed by atoms with Gasteiger partial charge in [-0.2, -0.15) is 0 Å². The Balaban J connectivity index is 3.26. The van der Waals surface area contributed by atoms with Crippen molar-refractivity contribution in [3.63, 3.8) is 0 Å². The molecule has 1 atom stereocenters. The smallest absolute Gasteiger partial charge is 0.0723 e. The van der Waals surface area contributed by atoms with E-state index in [4.69, 9.17) is 12.2 Å². The molecule has 0 aliphatic heterocycles. The minimum Gasteiger partial charge on any atom is -0.377 e. The van der Waals surface area contributed by atoms with Crippen LogP contribution in [0.15, 0.2) is 0 Å². The maximum Gasteiger partial charge on any atom is 0.0723 e. The second-order valence-electron chi connectivity index (χ2n) is 2.39. The average molecular weight is 145 g/mol. The standard InChI is InChI=1S/C7H15NS/c1-4-5-6(2)8-7(3)9/h6H,4-5H2,1-3H3,(H,8,9). The zero-order chi connectivity index (χ0) is 7.28. The predicted molar refractivity (Wildman–Crippen MR) is 45.8 cm³/mol. The molecule has 54 valence electrons. The summed E-state index contributed by atoms with van der Waals surface area (Å²) in [6.45, 7) is 6.25. The van der Waals surface area contributed by atoms with Crippen LogP contribution in [0.5, 0.6) is 0 Å². The lowest BCUT2D eigenvalue weighted by Gasteiger charge is -2.11. The molecule has 0 bridgehead atoms. The highest BCUT2D eigenvalue weighted by atomic mass is 32.1. The van der Waals surface area contributed by atoms with Gasteiger partial charge in [0.2, 0.25) is 0 Å². The van der Waals surface area contributed by atoms with Crippen LogP contribution in [0.1, 0.15) is 33.6 Å². The third-order valence-electron chi connectivity index (χ3n) is 1.17. The third-order valence-corrected chi connectivity index (χ3v) is 1.29. The maximum atomic E-state index is 4.87. The second-order valence-corrected chi connectivity index (χ2v) is 3.00. The summed E-state index contributed by atoms with van der Waals surface area (Å²) in [5.41, 5.74) is 0. The lowest BCUT2D eigenvalue weighted by molar-refractivity contribution is 0.599. The average Bonchev–Trinajstić information content (AvgIpc) is 1.63. The molecule has 0 heterocycles. The van der Waals surface area contributed by atoms with Gasteiger partial charge in [0.1, 0.15) is 0 Å². The minimum absolute atomic E-state index is 0.549. The monoisotopic (exact) mass is 145 g/mol. The zero-order valence-corrected chi connectivity index (χ0v) is 7.22. The van der Waals surface area contributed by atoms with E-state index < -0.39 is 0 Å². The maximum absolute atomic E-state index is 4.87. The summed E-state index contributed by atoms with van der Waals surface area (Å²) in [4.78, 5) is 0.899. The summed E-state index contributed by atoms with van der Waals surface area (Å²) >= 11 is 4.87. The van der Waals surface area contributed by atoms with E-state index in [1.807, 2.05) is 6.92 Å². The molecule has 0 aliphatic carbocycles. The molecule has 1 nitrogen and oxygen atoms in total. The van der Waals surface area contributed by atoms with Gasteiger partial charge in [-0.15, -0.1) is 0 Å². The van der Waals surface area contributed by atoms with Gasteiger partial charge in [-0.25, -0.2) is 0 Å². The van der Waals surface area contributed by atoms with Crippen molar-refractivity contribution >= 4 is 17.2 Å². The van der Waals surface area contributed by atoms with Gasteiger partial charge in [0, 0.05) is 6.04 Å². The largest absolute Gasteiger partial charge is 0.377 e. The van der Waals surface area contributed by atoms with Gasteiger partial charge in [-0.3, -0.25) is 0 Å². The minimum atomic E-state index is 0.549. The fourth-order valence-electron chi connectivity index (χ4n) is 0.852. The Bertz CT molecular complexity index is 90.9. The molecule has 0 aromatic rings. The summed E-state index contributed by atoms with van der Waals surface area (Å²) in [5.74, 6) is 0. The van der Waals surface area contributed by atoms with Gasteiger partial charge in [0.25, 0.3) is 0 Å². The molecule has 0 rings (SSSR count). The van der Waals surface area contributed by atoms with Gasteiger partial charge >= 0.3 is 0 Å². The molecular formula is C7H15NS. The fraction of sp³-hybridized carbons (Fsp3) is 0.857. The predicted octanol–water partition coefficient (Wildman–Crippen LogP) is 2.11. The number of rotatable bonds is 3. The van der Waals surface area contributed by atoms with Crippen LogP contribution in [-0.4, -0.2) is 11.0 Å². The number of hydrogen-bond donors (Lipinski definition) is 1. The van der Waals surface area contributed by atoms with Crippen molar-refractivity contribution in [1.82, 2.24) is 5.32 Å². The molecule has 0 spiro atoms. The topological polar surface area (TPSA) is 12.0 Å². The molecule has 0 saturated heterocycles. The highest BCUT2D eigenvalue weighted by molar-refractivity contribution is 7.80. The van der Waals surface area contributed by atoms with Crippen molar-refractivity contribution in [3.05, 3.63) is 0 Å². The van der Waals surface area contributed by atoms with Crippen LogP contribution in [0.4, 0.5) is 0 Å². The lowest BCUT2D eigenvalue weighted by Crippen LogP contribution is -2.28. The van der Waals surface area contributed by atoms with Crippen LogP contribution < -0.4 is 5.32 Å². The van der Waals surface area contributed by atoms with E-state index in [-0.39, 0.29) is 0 Å². The first kappa shape index (κ1) is 8.89. The first-order chi connectivity index (χ1) is 4.16. The van der Waals surface area contributed by atoms with Gasteiger partial charge < -0.3 is 5.32 Å². The SMILES string of the molecule is CCCC(C)NC(C)=S. The quantitative estimate of drug-likeness (QED) is 0.610. The van der Waals surface area contributed by atoms with E-state index >= 15 is 0 Å². The van der Waals surface area contributed by atoms with Crippen molar-refractivity contribution in [3.8, 4) is 0 Å². The normalized spacial score (nSPS) is 12.8. The van der Waals surface area contributed by atoms with Crippen LogP contribution in [0.3, 0.4) is 0 Å². The third kappa shape index (κ3) is 5.77. The fourth-order valence-corrected chi connectivity index (χ4v) is 1.05. The van der Waals surface area contributed by atoms with Gasteiger partial charge in [-0.05, 0) is 20.3 Å². The van der Waals surface area contributed by atoms with Crippen molar-refractivity contribution < 1.29 is 0 Å². The molecule has 1 N–H and O–H groups in total. The molecule has 0 radical (unpaired) electrons. The van der Waals surface area contributed by atoms with Gasteiger partial charge in [-0.1, -0.05) is 25.6 Å². The molecule has 0 aromatic carbocycles. The number of hydrogen-bond acceptors (Lipinski definition) is 1. The Morgan fingerprint density at radius 1 is 1.67 bits per heavy atom. The molecule has 1 unspecified atom stereocenters. The van der Waals surface area contributed by atoms with E-state index in [2.05, 4.69) is 19.2 Å². The number of thiocarbonyl (C=S) groups is 1. The Hall–Kier alpha value is -0.110. The molecule has 0 fully saturated rings. The van der Waals surface area contributed by atoms with Crippen molar-refractivity contribution in [2.45, 2.75) is 39.7 Å². The van der Waals surface area contributed by atoms with Gasteiger partial charge in [0.15, 0.2) is 0 Å². The van der Waals surface area contributed by atoms with Crippen LogP contribution in [-0.2, 0) is 0 Å². The summed E-state index contributed by atoms with van der Waals surface area (Å²) in [5, 5.41) is 3.18. The molecule has 9 heavy (non-hydrogen) atoms. The second kappa shape index (κ2) is 4.74. The van der Waals surface area contributed by atoms with Crippen LogP contribution in [0.25, 0.3) is 0 Å². The first-order valence-electron chi connectivity index (χ1n) is 3.44. The lowest BCUT2D eigenvalue weighted by atomic mass is 10.2. The Kier molecular flexibility index (Phi) is 4.68. The highest BCUT2D eigenvalue weighted by Crippen LogP contribution is 1.93.